The van der Waals surface area contributed by atoms with Gasteiger partial charge in [0.2, 0.25) is 0 Å². The number of esters is 1. The van der Waals surface area contributed by atoms with E-state index in [0.717, 1.165) is 18.4 Å². The summed E-state index contributed by atoms with van der Waals surface area (Å²) in [5.41, 5.74) is 1.41. The highest BCUT2D eigenvalue weighted by Crippen LogP contribution is 2.17. The molecule has 4 aromatic rings. The molecule has 4 heterocycles. The first-order valence-corrected chi connectivity index (χ1v) is 12.0. The van der Waals surface area contributed by atoms with E-state index in [9.17, 15) is 14.4 Å². The SMILES string of the molecule is CCOC(=O)c1cc2c(=O)n3ccccc3nc2n(CC2CCCO2)c1=NC(=O)Cc1ccccc1. The third-order valence-electron chi connectivity index (χ3n) is 6.12. The predicted molar refractivity (Wildman–Crippen MR) is 133 cm³/mol. The van der Waals surface area contributed by atoms with Crippen LogP contribution >= 0.6 is 0 Å². The van der Waals surface area contributed by atoms with Crippen molar-refractivity contribution in [3.05, 3.63) is 87.8 Å². The maximum Gasteiger partial charge on any atom is 0.341 e. The average molecular weight is 487 g/mol. The molecule has 1 aliphatic heterocycles. The second kappa shape index (κ2) is 10.2. The molecule has 3 aromatic heterocycles. The smallest absolute Gasteiger partial charge is 0.341 e. The first kappa shape index (κ1) is 23.6. The second-order valence-electron chi connectivity index (χ2n) is 8.60. The lowest BCUT2D eigenvalue weighted by Gasteiger charge is -2.18. The van der Waals surface area contributed by atoms with Crippen LogP contribution in [0.2, 0.25) is 0 Å². The van der Waals surface area contributed by atoms with E-state index >= 15 is 0 Å². The fourth-order valence-electron chi connectivity index (χ4n) is 4.45. The van der Waals surface area contributed by atoms with Crippen LogP contribution in [0.15, 0.2) is 70.6 Å². The Kier molecular flexibility index (Phi) is 6.73. The number of amides is 1. The Labute approximate surface area is 206 Å². The molecule has 9 nitrogen and oxygen atoms in total. The van der Waals surface area contributed by atoms with Crippen molar-refractivity contribution in [2.24, 2.45) is 4.99 Å². The number of benzene rings is 1. The normalized spacial score (nSPS) is 16.0. The highest BCUT2D eigenvalue weighted by Gasteiger charge is 2.23. The maximum atomic E-state index is 13.4. The number of rotatable bonds is 6. The van der Waals surface area contributed by atoms with Gasteiger partial charge in [0.15, 0.2) is 5.49 Å². The van der Waals surface area contributed by atoms with Crippen LogP contribution in [0.5, 0.6) is 0 Å². The van der Waals surface area contributed by atoms with Crippen molar-refractivity contribution in [3.63, 3.8) is 0 Å². The number of fused-ring (bicyclic) bond motifs is 2. The Hall–Kier alpha value is -4.11. The minimum atomic E-state index is -0.663. The number of nitrogens with zero attached hydrogens (tertiary/aromatic N) is 4. The summed E-state index contributed by atoms with van der Waals surface area (Å²) in [4.78, 5) is 48.6. The molecule has 1 unspecified atom stereocenters. The molecule has 0 N–H and O–H groups in total. The number of carbonyl (C=O) groups is 2. The number of aromatic nitrogens is 3. The van der Waals surface area contributed by atoms with Crippen LogP contribution in [0.25, 0.3) is 16.7 Å². The zero-order chi connectivity index (χ0) is 25.1. The van der Waals surface area contributed by atoms with Gasteiger partial charge in [-0.3, -0.25) is 14.0 Å². The predicted octanol–water partition coefficient (Wildman–Crippen LogP) is 2.67. The van der Waals surface area contributed by atoms with Crippen molar-refractivity contribution in [2.45, 2.75) is 38.8 Å². The Bertz CT molecular complexity index is 1570. The lowest BCUT2D eigenvalue weighted by molar-refractivity contribution is -0.117. The molecule has 1 amide bonds. The molecule has 1 fully saturated rings. The number of ether oxygens (including phenoxy) is 2. The van der Waals surface area contributed by atoms with E-state index < -0.39 is 11.9 Å². The van der Waals surface area contributed by atoms with Crippen LogP contribution < -0.4 is 11.0 Å². The van der Waals surface area contributed by atoms with Crippen LogP contribution in [0.1, 0.15) is 35.7 Å². The van der Waals surface area contributed by atoms with Gasteiger partial charge in [-0.15, -0.1) is 0 Å². The molecule has 0 spiro atoms. The Balaban J connectivity index is 1.79. The summed E-state index contributed by atoms with van der Waals surface area (Å²) in [7, 11) is 0. The molecule has 5 rings (SSSR count). The van der Waals surface area contributed by atoms with Gasteiger partial charge in [0.1, 0.15) is 16.9 Å². The Morgan fingerprint density at radius 3 is 2.72 bits per heavy atom. The fraction of sp³-hybridized carbons (Fsp3) is 0.296. The monoisotopic (exact) mass is 486 g/mol. The van der Waals surface area contributed by atoms with Gasteiger partial charge in [-0.25, -0.2) is 9.78 Å². The highest BCUT2D eigenvalue weighted by molar-refractivity contribution is 5.93. The van der Waals surface area contributed by atoms with Crippen LogP contribution in [-0.4, -0.2) is 45.1 Å². The number of carbonyl (C=O) groups excluding carboxylic acids is 2. The molecule has 9 heteroatoms. The van der Waals surface area contributed by atoms with Crippen molar-refractivity contribution in [3.8, 4) is 0 Å². The molecular formula is C27H26N4O5. The van der Waals surface area contributed by atoms with Gasteiger partial charge >= 0.3 is 5.97 Å². The highest BCUT2D eigenvalue weighted by atomic mass is 16.5. The standard InChI is InChI=1S/C27H26N4O5/c1-2-35-27(34)21-16-20-24(28-22-12-6-7-13-30(22)26(20)33)31(17-19-11-8-14-36-19)25(21)29-23(32)15-18-9-4-3-5-10-18/h3-7,9-10,12-13,16,19H,2,8,11,14-15,17H2,1H3. The van der Waals surface area contributed by atoms with Crippen molar-refractivity contribution in [1.29, 1.82) is 0 Å². The minimum Gasteiger partial charge on any atom is -0.462 e. The summed E-state index contributed by atoms with van der Waals surface area (Å²) in [5.74, 6) is -1.09. The van der Waals surface area contributed by atoms with E-state index in [-0.39, 0.29) is 47.7 Å². The number of pyridine rings is 2. The summed E-state index contributed by atoms with van der Waals surface area (Å²) < 4.78 is 14.2. The summed E-state index contributed by atoms with van der Waals surface area (Å²) in [6.07, 6.45) is 3.24. The van der Waals surface area contributed by atoms with E-state index in [1.807, 2.05) is 30.3 Å². The molecule has 0 aliphatic carbocycles. The topological polar surface area (TPSA) is 104 Å². The first-order chi connectivity index (χ1) is 17.5. The molecule has 1 saturated heterocycles. The average Bonchev–Trinajstić information content (AvgIpc) is 3.40. The van der Waals surface area contributed by atoms with Crippen LogP contribution in [0, 0.1) is 0 Å². The minimum absolute atomic E-state index is 0.0403. The lowest BCUT2D eigenvalue weighted by atomic mass is 10.1. The lowest BCUT2D eigenvalue weighted by Crippen LogP contribution is -2.35. The summed E-state index contributed by atoms with van der Waals surface area (Å²) in [6, 6.07) is 15.9. The van der Waals surface area contributed by atoms with E-state index in [1.165, 1.54) is 10.5 Å². The second-order valence-corrected chi connectivity index (χ2v) is 8.60. The first-order valence-electron chi connectivity index (χ1n) is 12.0. The van der Waals surface area contributed by atoms with Gasteiger partial charge < -0.3 is 14.0 Å². The van der Waals surface area contributed by atoms with Crippen LogP contribution in [0.3, 0.4) is 0 Å². The molecular weight excluding hydrogens is 460 g/mol. The molecule has 184 valence electrons. The quantitative estimate of drug-likeness (QED) is 0.307. The van der Waals surface area contributed by atoms with Crippen molar-refractivity contribution in [2.75, 3.05) is 13.2 Å². The summed E-state index contributed by atoms with van der Waals surface area (Å²) >= 11 is 0. The molecule has 36 heavy (non-hydrogen) atoms. The molecule has 1 atom stereocenters. The van der Waals surface area contributed by atoms with Crippen LogP contribution in [0.4, 0.5) is 0 Å². The van der Waals surface area contributed by atoms with E-state index in [4.69, 9.17) is 14.5 Å². The third-order valence-corrected chi connectivity index (χ3v) is 6.12. The largest absolute Gasteiger partial charge is 0.462 e. The summed E-state index contributed by atoms with van der Waals surface area (Å²) in [6.45, 7) is 2.74. The van der Waals surface area contributed by atoms with Gasteiger partial charge in [0.05, 0.1) is 31.1 Å². The number of hydrogen-bond acceptors (Lipinski definition) is 6. The van der Waals surface area contributed by atoms with Gasteiger partial charge in [-0.1, -0.05) is 36.4 Å². The van der Waals surface area contributed by atoms with Crippen molar-refractivity contribution in [1.82, 2.24) is 14.0 Å². The summed E-state index contributed by atoms with van der Waals surface area (Å²) in [5, 5.41) is 0.231. The Morgan fingerprint density at radius 1 is 1.17 bits per heavy atom. The van der Waals surface area contributed by atoms with E-state index in [2.05, 4.69) is 4.99 Å². The third kappa shape index (κ3) is 4.70. The maximum absolute atomic E-state index is 13.4. The van der Waals surface area contributed by atoms with Crippen molar-refractivity contribution < 1.29 is 19.1 Å². The molecule has 1 aromatic carbocycles. The zero-order valence-electron chi connectivity index (χ0n) is 19.9. The van der Waals surface area contributed by atoms with Crippen molar-refractivity contribution >= 4 is 28.6 Å². The van der Waals surface area contributed by atoms with Gasteiger partial charge in [-0.2, -0.15) is 4.99 Å². The molecule has 1 aliphatic rings. The molecule has 0 bridgehead atoms. The van der Waals surface area contributed by atoms with Gasteiger partial charge in [0, 0.05) is 12.8 Å². The fourth-order valence-corrected chi connectivity index (χ4v) is 4.45. The van der Waals surface area contributed by atoms with Crippen LogP contribution in [-0.2, 0) is 27.2 Å². The molecule has 0 saturated carbocycles. The zero-order valence-corrected chi connectivity index (χ0v) is 19.9. The van der Waals surface area contributed by atoms with E-state index in [0.29, 0.717) is 17.9 Å². The van der Waals surface area contributed by atoms with E-state index in [1.54, 1.807) is 35.9 Å². The Morgan fingerprint density at radius 2 is 1.97 bits per heavy atom. The van der Waals surface area contributed by atoms with Gasteiger partial charge in [0.25, 0.3) is 11.5 Å². The van der Waals surface area contributed by atoms with Gasteiger partial charge in [-0.05, 0) is 43.5 Å². The number of hydrogen-bond donors (Lipinski definition) is 0. The molecule has 0 radical (unpaired) electrons.